The third-order valence-electron chi connectivity index (χ3n) is 5.61. The van der Waals surface area contributed by atoms with Gasteiger partial charge in [0.25, 0.3) is 0 Å². The molecule has 4 rings (SSSR count). The Morgan fingerprint density at radius 1 is 1.15 bits per heavy atom. The normalized spacial score (nSPS) is 25.0. The first-order valence-electron chi connectivity index (χ1n) is 9.56. The summed E-state index contributed by atoms with van der Waals surface area (Å²) in [5.41, 5.74) is 1.22. The van der Waals surface area contributed by atoms with E-state index >= 15 is 0 Å². The second-order valence-corrected chi connectivity index (χ2v) is 7.74. The van der Waals surface area contributed by atoms with Crippen LogP contribution in [0.5, 0.6) is 0 Å². The summed E-state index contributed by atoms with van der Waals surface area (Å²) in [4.78, 5) is 11.4. The molecule has 6 nitrogen and oxygen atoms in total. The average Bonchev–Trinajstić information content (AvgIpc) is 3.32. The van der Waals surface area contributed by atoms with Crippen LogP contribution in [0, 0.1) is 5.92 Å². The summed E-state index contributed by atoms with van der Waals surface area (Å²) in [7, 11) is 0. The van der Waals surface area contributed by atoms with Gasteiger partial charge in [0.05, 0.1) is 17.3 Å². The van der Waals surface area contributed by atoms with E-state index in [1.807, 2.05) is 10.9 Å². The highest BCUT2D eigenvalue weighted by Crippen LogP contribution is 2.36. The fourth-order valence-electron chi connectivity index (χ4n) is 4.13. The molecule has 0 aliphatic carbocycles. The van der Waals surface area contributed by atoms with Crippen molar-refractivity contribution in [3.63, 3.8) is 0 Å². The molecule has 0 unspecified atom stereocenters. The highest BCUT2D eigenvalue weighted by molar-refractivity contribution is 6.30. The molecule has 0 amide bonds. The van der Waals surface area contributed by atoms with Crippen molar-refractivity contribution in [1.29, 1.82) is 0 Å². The second kappa shape index (κ2) is 8.03. The first kappa shape index (κ1) is 17.9. The molecule has 0 N–H and O–H groups in total. The van der Waals surface area contributed by atoms with Crippen LogP contribution in [0.4, 0.5) is 0 Å². The van der Waals surface area contributed by atoms with Gasteiger partial charge in [0.1, 0.15) is 5.82 Å². The third-order valence-corrected chi connectivity index (χ3v) is 5.80. The molecule has 2 aliphatic heterocycles. The zero-order valence-corrected chi connectivity index (χ0v) is 16.0. The van der Waals surface area contributed by atoms with Crippen LogP contribution in [0.3, 0.4) is 0 Å². The molecule has 2 fully saturated rings. The van der Waals surface area contributed by atoms with Crippen LogP contribution >= 0.6 is 11.6 Å². The Bertz CT molecular complexity index is 711. The van der Waals surface area contributed by atoms with Gasteiger partial charge in [0.15, 0.2) is 0 Å². The van der Waals surface area contributed by atoms with Gasteiger partial charge in [0.2, 0.25) is 0 Å². The first-order valence-corrected chi connectivity index (χ1v) is 9.94. The van der Waals surface area contributed by atoms with E-state index < -0.39 is 0 Å². The number of halogens is 1. The molecule has 2 aromatic rings. The third kappa shape index (κ3) is 3.92. The van der Waals surface area contributed by atoms with Crippen molar-refractivity contribution in [2.45, 2.75) is 44.8 Å². The minimum Gasteiger partial charge on any atom is -0.373 e. The van der Waals surface area contributed by atoms with E-state index in [0.29, 0.717) is 16.9 Å². The van der Waals surface area contributed by atoms with Crippen LogP contribution in [0.25, 0.3) is 0 Å². The van der Waals surface area contributed by atoms with Crippen molar-refractivity contribution in [2.24, 2.45) is 5.92 Å². The number of hydrogen-bond acceptors (Lipinski definition) is 5. The minimum absolute atomic E-state index is 0.188. The molecule has 0 spiro atoms. The van der Waals surface area contributed by atoms with Gasteiger partial charge >= 0.3 is 0 Å². The maximum Gasteiger partial charge on any atom is 0.131 e. The molecule has 4 heterocycles. The van der Waals surface area contributed by atoms with Crippen molar-refractivity contribution >= 4 is 11.6 Å². The zero-order valence-electron chi connectivity index (χ0n) is 15.2. The Labute approximate surface area is 159 Å². The van der Waals surface area contributed by atoms with Gasteiger partial charge in [-0.05, 0) is 39.3 Å². The zero-order chi connectivity index (χ0) is 17.9. The highest BCUT2D eigenvalue weighted by atomic mass is 35.5. The maximum atomic E-state index is 6.04. The Morgan fingerprint density at radius 2 is 1.92 bits per heavy atom. The summed E-state index contributed by atoms with van der Waals surface area (Å²) in [6.45, 7) is 7.13. The molecule has 7 heteroatoms. The smallest absolute Gasteiger partial charge is 0.131 e. The number of piperidine rings is 1. The predicted molar refractivity (Wildman–Crippen MR) is 100 cm³/mol. The fourth-order valence-corrected chi connectivity index (χ4v) is 4.22. The molecular formula is C19H26ClN5O. The van der Waals surface area contributed by atoms with Gasteiger partial charge in [-0.2, -0.15) is 5.10 Å². The number of likely N-dealkylation sites (tertiary alicyclic amines) is 1. The van der Waals surface area contributed by atoms with Gasteiger partial charge in [-0.25, -0.2) is 9.97 Å². The van der Waals surface area contributed by atoms with E-state index in [0.717, 1.165) is 57.9 Å². The first-order chi connectivity index (χ1) is 12.7. The number of ether oxygens (including phenoxy) is 1. The lowest BCUT2D eigenvalue weighted by atomic mass is 9.92. The molecule has 2 saturated heterocycles. The van der Waals surface area contributed by atoms with Crippen molar-refractivity contribution in [2.75, 3.05) is 26.2 Å². The van der Waals surface area contributed by atoms with Crippen LogP contribution in [-0.2, 0) is 11.3 Å². The van der Waals surface area contributed by atoms with Crippen molar-refractivity contribution in [1.82, 2.24) is 24.6 Å². The van der Waals surface area contributed by atoms with Crippen LogP contribution < -0.4 is 0 Å². The Hall–Kier alpha value is -1.50. The van der Waals surface area contributed by atoms with Gasteiger partial charge in [-0.3, -0.25) is 4.68 Å². The van der Waals surface area contributed by atoms with Gasteiger partial charge < -0.3 is 9.64 Å². The van der Waals surface area contributed by atoms with E-state index in [1.54, 1.807) is 12.4 Å². The molecule has 0 bridgehead atoms. The molecule has 26 heavy (non-hydrogen) atoms. The molecule has 2 aliphatic rings. The second-order valence-electron chi connectivity index (χ2n) is 7.30. The van der Waals surface area contributed by atoms with E-state index in [9.17, 15) is 0 Å². The predicted octanol–water partition coefficient (Wildman–Crippen LogP) is 3.30. The number of rotatable bonds is 5. The summed E-state index contributed by atoms with van der Waals surface area (Å²) in [6, 6.07) is 0. The molecule has 0 aromatic carbocycles. The summed E-state index contributed by atoms with van der Waals surface area (Å²) in [5, 5.41) is 5.01. The summed E-state index contributed by atoms with van der Waals surface area (Å²) < 4.78 is 8.02. The van der Waals surface area contributed by atoms with Gasteiger partial charge in [-0.1, -0.05) is 11.6 Å². The Balaban J connectivity index is 1.32. The number of aromatic nitrogens is 4. The fraction of sp³-hybridized carbons (Fsp3) is 0.632. The summed E-state index contributed by atoms with van der Waals surface area (Å²) in [5.74, 6) is 1.93. The lowest BCUT2D eigenvalue weighted by molar-refractivity contribution is 0.0736. The van der Waals surface area contributed by atoms with Crippen LogP contribution in [-0.4, -0.2) is 50.9 Å². The van der Waals surface area contributed by atoms with Crippen LogP contribution in [0.2, 0.25) is 5.02 Å². The molecule has 0 saturated carbocycles. The molecule has 140 valence electrons. The summed E-state index contributed by atoms with van der Waals surface area (Å²) in [6.07, 6.45) is 11.0. The molecule has 2 atom stereocenters. The average molecular weight is 376 g/mol. The standard InChI is InChI=1S/C19H26ClN5O/c1-2-25-13-16(9-23-25)18-15(5-8-26-18)12-24-6-3-14(4-7-24)19-21-10-17(20)11-22-19/h9-11,13-15,18H,2-8,12H2,1H3/t15-,18+/m0/s1. The van der Waals surface area contributed by atoms with Gasteiger partial charge in [-0.15, -0.1) is 0 Å². The number of aryl methyl sites for hydroxylation is 1. The van der Waals surface area contributed by atoms with Crippen molar-refractivity contribution < 1.29 is 4.74 Å². The molecule has 2 aromatic heterocycles. The van der Waals surface area contributed by atoms with Crippen LogP contribution in [0.15, 0.2) is 24.8 Å². The SMILES string of the molecule is CCn1cc([C@@H]2OCC[C@H]2CN2CCC(c3ncc(Cl)cn3)CC2)cn1. The molecular weight excluding hydrogens is 350 g/mol. The topological polar surface area (TPSA) is 56.1 Å². The van der Waals surface area contributed by atoms with Gasteiger partial charge in [0, 0.05) is 55.7 Å². The molecule has 0 radical (unpaired) electrons. The quantitative estimate of drug-likeness (QED) is 0.802. The van der Waals surface area contributed by atoms with Crippen LogP contribution in [0.1, 0.15) is 49.6 Å². The van der Waals surface area contributed by atoms with Crippen molar-refractivity contribution in [3.8, 4) is 0 Å². The van der Waals surface area contributed by atoms with E-state index in [4.69, 9.17) is 16.3 Å². The maximum absolute atomic E-state index is 6.04. The van der Waals surface area contributed by atoms with E-state index in [-0.39, 0.29) is 6.10 Å². The largest absolute Gasteiger partial charge is 0.373 e. The van der Waals surface area contributed by atoms with Crippen molar-refractivity contribution in [3.05, 3.63) is 41.2 Å². The highest BCUT2D eigenvalue weighted by Gasteiger charge is 2.33. The Morgan fingerprint density at radius 3 is 2.62 bits per heavy atom. The monoisotopic (exact) mass is 375 g/mol. The minimum atomic E-state index is 0.188. The van der Waals surface area contributed by atoms with E-state index in [1.165, 1.54) is 5.56 Å². The van der Waals surface area contributed by atoms with E-state index in [2.05, 4.69) is 33.1 Å². The number of nitrogens with zero attached hydrogens (tertiary/aromatic N) is 5. The summed E-state index contributed by atoms with van der Waals surface area (Å²) >= 11 is 5.89. The Kier molecular flexibility index (Phi) is 5.52. The number of hydrogen-bond donors (Lipinski definition) is 0. The lowest BCUT2D eigenvalue weighted by Crippen LogP contribution is -2.37. The lowest BCUT2D eigenvalue weighted by Gasteiger charge is -2.33.